The van der Waals surface area contributed by atoms with Crippen molar-refractivity contribution in [3.05, 3.63) is 28.3 Å². The summed E-state index contributed by atoms with van der Waals surface area (Å²) in [6.45, 7) is 5.11. The fourth-order valence-electron chi connectivity index (χ4n) is 5.12. The van der Waals surface area contributed by atoms with E-state index < -0.39 is 5.60 Å². The highest BCUT2D eigenvalue weighted by atomic mass is 35.5. The number of Topliss-reactive ketones (excluding diaryl/α,β-unsaturated/α-hetero) is 1. The molecule has 7 nitrogen and oxygen atoms in total. The molecule has 1 spiro atoms. The number of ketones is 1. The number of ether oxygens (including phenoxy) is 1. The van der Waals surface area contributed by atoms with Gasteiger partial charge in [0.25, 0.3) is 0 Å². The van der Waals surface area contributed by atoms with Crippen LogP contribution in [0.5, 0.6) is 5.75 Å². The third-order valence-electron chi connectivity index (χ3n) is 6.92. The van der Waals surface area contributed by atoms with E-state index in [1.807, 2.05) is 36.9 Å². The Labute approximate surface area is 194 Å². The lowest BCUT2D eigenvalue weighted by molar-refractivity contribution is -0.139. The zero-order chi connectivity index (χ0) is 23.0. The minimum Gasteiger partial charge on any atom is -0.486 e. The van der Waals surface area contributed by atoms with Crippen LogP contribution in [-0.2, 0) is 9.59 Å². The van der Waals surface area contributed by atoms with Crippen LogP contribution in [0.15, 0.2) is 12.1 Å². The zero-order valence-electron chi connectivity index (χ0n) is 19.2. The zero-order valence-corrected chi connectivity index (χ0v) is 19.9. The number of fused-ring (bicyclic) bond motifs is 1. The molecule has 3 aliphatic heterocycles. The number of hydrogen-bond acceptors (Lipinski definition) is 5. The van der Waals surface area contributed by atoms with Crippen LogP contribution in [0.3, 0.4) is 0 Å². The predicted octanol–water partition coefficient (Wildman–Crippen LogP) is 2.78. The first kappa shape index (κ1) is 23.1. The summed E-state index contributed by atoms with van der Waals surface area (Å²) in [4.78, 5) is 44.1. The molecule has 1 aromatic carbocycles. The van der Waals surface area contributed by atoms with Crippen molar-refractivity contribution >= 4 is 29.2 Å². The molecule has 4 rings (SSSR count). The van der Waals surface area contributed by atoms with E-state index in [0.29, 0.717) is 68.2 Å². The maximum absolute atomic E-state index is 13.1. The third-order valence-corrected chi connectivity index (χ3v) is 7.14. The molecular weight excluding hydrogens is 430 g/mol. The van der Waals surface area contributed by atoms with Crippen molar-refractivity contribution < 1.29 is 19.1 Å². The number of benzene rings is 1. The highest BCUT2D eigenvalue weighted by molar-refractivity contribution is 6.31. The van der Waals surface area contributed by atoms with Crippen LogP contribution in [0.4, 0.5) is 0 Å². The van der Waals surface area contributed by atoms with Gasteiger partial charge in [0, 0.05) is 50.5 Å². The topological polar surface area (TPSA) is 70.2 Å². The largest absolute Gasteiger partial charge is 0.486 e. The van der Waals surface area contributed by atoms with Crippen LogP contribution in [0.2, 0.25) is 5.02 Å². The quantitative estimate of drug-likeness (QED) is 0.674. The van der Waals surface area contributed by atoms with Crippen LogP contribution in [-0.4, -0.2) is 84.7 Å². The van der Waals surface area contributed by atoms with Gasteiger partial charge in [-0.15, -0.1) is 0 Å². The summed E-state index contributed by atoms with van der Waals surface area (Å²) >= 11 is 6.12. The van der Waals surface area contributed by atoms with Crippen molar-refractivity contribution in [3.63, 3.8) is 0 Å². The molecule has 0 radical (unpaired) electrons. The van der Waals surface area contributed by atoms with Gasteiger partial charge < -0.3 is 19.4 Å². The Morgan fingerprint density at radius 3 is 2.66 bits per heavy atom. The molecule has 1 unspecified atom stereocenters. The smallest absolute Gasteiger partial charge is 0.227 e. The Morgan fingerprint density at radius 2 is 1.97 bits per heavy atom. The van der Waals surface area contributed by atoms with Gasteiger partial charge in [0.15, 0.2) is 5.78 Å². The minimum absolute atomic E-state index is 0.0476. The van der Waals surface area contributed by atoms with E-state index in [1.165, 1.54) is 0 Å². The van der Waals surface area contributed by atoms with Crippen LogP contribution < -0.4 is 4.74 Å². The Kier molecular flexibility index (Phi) is 6.50. The van der Waals surface area contributed by atoms with Crippen molar-refractivity contribution in [2.24, 2.45) is 5.92 Å². The first-order chi connectivity index (χ1) is 15.2. The van der Waals surface area contributed by atoms with Gasteiger partial charge in [-0.1, -0.05) is 11.6 Å². The molecule has 174 valence electrons. The predicted molar refractivity (Wildman–Crippen MR) is 122 cm³/mol. The van der Waals surface area contributed by atoms with E-state index in [-0.39, 0.29) is 23.5 Å². The number of hydrogen-bond donors (Lipinski definition) is 0. The SMILES string of the molecule is Cc1cc(Cl)cc2c1OC1(CCN(C(=O)C3CC(=O)N(CCCN(C)C)C3)CC1)CC2=O. The van der Waals surface area contributed by atoms with Crippen LogP contribution >= 0.6 is 11.6 Å². The van der Waals surface area contributed by atoms with Gasteiger partial charge >= 0.3 is 0 Å². The van der Waals surface area contributed by atoms with Gasteiger partial charge in [0.2, 0.25) is 11.8 Å². The van der Waals surface area contributed by atoms with Crippen molar-refractivity contribution in [2.45, 2.75) is 44.6 Å². The summed E-state index contributed by atoms with van der Waals surface area (Å²) in [6, 6.07) is 3.49. The van der Waals surface area contributed by atoms with Gasteiger partial charge in [-0.05, 0) is 51.7 Å². The maximum atomic E-state index is 13.1. The number of piperidine rings is 1. The molecule has 1 aromatic rings. The second-order valence-electron chi connectivity index (χ2n) is 9.71. The summed E-state index contributed by atoms with van der Waals surface area (Å²) in [5.41, 5.74) is 0.846. The highest BCUT2D eigenvalue weighted by Crippen LogP contribution is 2.42. The number of likely N-dealkylation sites (tertiary alicyclic amines) is 2. The summed E-state index contributed by atoms with van der Waals surface area (Å²) < 4.78 is 6.38. The van der Waals surface area contributed by atoms with Crippen LogP contribution in [0.25, 0.3) is 0 Å². The fourth-order valence-corrected chi connectivity index (χ4v) is 5.39. The lowest BCUT2D eigenvalue weighted by Crippen LogP contribution is -2.53. The number of nitrogens with zero attached hydrogens (tertiary/aromatic N) is 3. The molecule has 0 bridgehead atoms. The third kappa shape index (κ3) is 4.64. The molecule has 32 heavy (non-hydrogen) atoms. The van der Waals surface area contributed by atoms with Crippen molar-refractivity contribution in [1.82, 2.24) is 14.7 Å². The molecule has 3 aliphatic rings. The molecule has 0 aromatic heterocycles. The second kappa shape index (κ2) is 9.02. The molecule has 1 atom stereocenters. The molecule has 0 saturated carbocycles. The van der Waals surface area contributed by atoms with Gasteiger partial charge in [-0.2, -0.15) is 0 Å². The lowest BCUT2D eigenvalue weighted by Gasteiger charge is -2.44. The maximum Gasteiger partial charge on any atom is 0.227 e. The summed E-state index contributed by atoms with van der Waals surface area (Å²) in [5, 5.41) is 0.538. The number of aryl methyl sites for hydroxylation is 1. The minimum atomic E-state index is -0.566. The van der Waals surface area contributed by atoms with Gasteiger partial charge in [-0.3, -0.25) is 14.4 Å². The Balaban J connectivity index is 1.35. The monoisotopic (exact) mass is 461 g/mol. The highest BCUT2D eigenvalue weighted by Gasteiger charge is 2.45. The number of rotatable bonds is 5. The molecule has 2 saturated heterocycles. The van der Waals surface area contributed by atoms with E-state index in [2.05, 4.69) is 4.90 Å². The standard InChI is InChI=1S/C24H32ClN3O4/c1-16-11-18(25)13-19-20(29)14-24(32-22(16)19)5-9-27(10-6-24)23(31)17-12-21(30)28(15-17)8-4-7-26(2)3/h11,13,17H,4-10,12,14-15H2,1-3H3. The fraction of sp³-hybridized carbons (Fsp3) is 0.625. The molecule has 0 aliphatic carbocycles. The molecule has 2 fully saturated rings. The van der Waals surface area contributed by atoms with Gasteiger partial charge in [0.1, 0.15) is 11.4 Å². The lowest BCUT2D eigenvalue weighted by atomic mass is 9.81. The molecule has 3 heterocycles. The Hall–Kier alpha value is -2.12. The molecular formula is C24H32ClN3O4. The van der Waals surface area contributed by atoms with E-state index in [9.17, 15) is 14.4 Å². The van der Waals surface area contributed by atoms with E-state index in [0.717, 1.165) is 18.5 Å². The number of amides is 2. The average Bonchev–Trinajstić information content (AvgIpc) is 3.09. The van der Waals surface area contributed by atoms with Crippen LogP contribution in [0.1, 0.15) is 48.0 Å². The second-order valence-corrected chi connectivity index (χ2v) is 10.1. The van der Waals surface area contributed by atoms with E-state index in [1.54, 1.807) is 6.07 Å². The van der Waals surface area contributed by atoms with E-state index in [4.69, 9.17) is 16.3 Å². The Morgan fingerprint density at radius 1 is 1.25 bits per heavy atom. The number of halogens is 1. The first-order valence-electron chi connectivity index (χ1n) is 11.4. The Bertz CT molecular complexity index is 924. The van der Waals surface area contributed by atoms with Gasteiger partial charge in [0.05, 0.1) is 17.9 Å². The van der Waals surface area contributed by atoms with Gasteiger partial charge in [-0.25, -0.2) is 0 Å². The number of carbonyl (C=O) groups excluding carboxylic acids is 3. The van der Waals surface area contributed by atoms with Crippen molar-refractivity contribution in [3.8, 4) is 5.75 Å². The normalized spacial score (nSPS) is 22.5. The van der Waals surface area contributed by atoms with Crippen molar-refractivity contribution in [1.29, 1.82) is 0 Å². The summed E-state index contributed by atoms with van der Waals surface area (Å²) in [6.07, 6.45) is 2.73. The first-order valence-corrected chi connectivity index (χ1v) is 11.8. The summed E-state index contributed by atoms with van der Waals surface area (Å²) in [5.74, 6) is 0.526. The molecule has 8 heteroatoms. The average molecular weight is 462 g/mol. The number of carbonyl (C=O) groups is 3. The molecule has 2 amide bonds. The molecule has 0 N–H and O–H groups in total. The van der Waals surface area contributed by atoms with Crippen molar-refractivity contribution in [2.75, 3.05) is 46.8 Å². The van der Waals surface area contributed by atoms with E-state index >= 15 is 0 Å². The van der Waals surface area contributed by atoms with Crippen LogP contribution in [0, 0.1) is 12.8 Å². The summed E-state index contributed by atoms with van der Waals surface area (Å²) in [7, 11) is 4.03.